The molecule has 0 aromatic carbocycles. The maximum absolute atomic E-state index is 12.0. The molecule has 2 N–H and O–H groups in total. The molecule has 0 heterocycles. The van der Waals surface area contributed by atoms with Crippen molar-refractivity contribution in [2.45, 2.75) is 50.9 Å². The summed E-state index contributed by atoms with van der Waals surface area (Å²) >= 11 is 0. The van der Waals surface area contributed by atoms with Gasteiger partial charge in [-0.25, -0.2) is 0 Å². The number of alkyl halides is 3. The van der Waals surface area contributed by atoms with Crippen LogP contribution in [0.3, 0.4) is 0 Å². The van der Waals surface area contributed by atoms with Crippen LogP contribution in [0.2, 0.25) is 0 Å². The van der Waals surface area contributed by atoms with Gasteiger partial charge in [0.25, 0.3) is 0 Å². The molecule has 0 aliphatic heterocycles. The maximum atomic E-state index is 12.0. The molecule has 0 aromatic rings. The average Bonchev–Trinajstić information content (AvgIpc) is 2.12. The molecule has 0 spiro atoms. The maximum Gasteiger partial charge on any atom is 0.415 e. The Bertz CT molecular complexity index is 196. The standard InChI is InChI=1S/C10H18F3NO/c1-7-3-2-4-8(5-7)14-6-9(15)10(11,12)13/h7-9,14-15H,2-6H2,1H3. The lowest BCUT2D eigenvalue weighted by atomic mass is 9.87. The molecule has 1 fully saturated rings. The van der Waals surface area contributed by atoms with E-state index in [4.69, 9.17) is 5.11 Å². The quantitative estimate of drug-likeness (QED) is 0.770. The molecule has 1 aliphatic carbocycles. The third-order valence-electron chi connectivity index (χ3n) is 2.91. The number of hydrogen-bond donors (Lipinski definition) is 2. The Balaban J connectivity index is 2.24. The van der Waals surface area contributed by atoms with Crippen LogP contribution in [0.4, 0.5) is 13.2 Å². The fourth-order valence-corrected chi connectivity index (χ4v) is 2.01. The minimum atomic E-state index is -4.51. The lowest BCUT2D eigenvalue weighted by Gasteiger charge is -2.28. The van der Waals surface area contributed by atoms with Crippen LogP contribution in [-0.2, 0) is 0 Å². The van der Waals surface area contributed by atoms with Crippen molar-refractivity contribution >= 4 is 0 Å². The molecule has 0 saturated heterocycles. The number of aliphatic hydroxyl groups is 1. The van der Waals surface area contributed by atoms with Crippen molar-refractivity contribution in [2.75, 3.05) is 6.54 Å². The highest BCUT2D eigenvalue weighted by molar-refractivity contribution is 4.78. The van der Waals surface area contributed by atoms with Gasteiger partial charge in [0.05, 0.1) is 0 Å². The predicted molar refractivity (Wildman–Crippen MR) is 51.5 cm³/mol. The Morgan fingerprint density at radius 1 is 1.40 bits per heavy atom. The third kappa shape index (κ3) is 4.38. The van der Waals surface area contributed by atoms with Gasteiger partial charge in [-0.1, -0.05) is 19.8 Å². The largest absolute Gasteiger partial charge is 0.415 e. The minimum Gasteiger partial charge on any atom is -0.382 e. The van der Waals surface area contributed by atoms with Crippen LogP contribution in [0.5, 0.6) is 0 Å². The van der Waals surface area contributed by atoms with Crippen molar-refractivity contribution in [3.63, 3.8) is 0 Å². The SMILES string of the molecule is CC1CCCC(NCC(O)C(F)(F)F)C1. The lowest BCUT2D eigenvalue weighted by molar-refractivity contribution is -0.202. The minimum absolute atomic E-state index is 0.130. The molecule has 3 atom stereocenters. The first kappa shape index (κ1) is 12.8. The zero-order valence-electron chi connectivity index (χ0n) is 8.85. The molecular formula is C10H18F3NO. The van der Waals surface area contributed by atoms with Crippen LogP contribution >= 0.6 is 0 Å². The van der Waals surface area contributed by atoms with Crippen molar-refractivity contribution in [3.05, 3.63) is 0 Å². The fourth-order valence-electron chi connectivity index (χ4n) is 2.01. The molecule has 3 unspecified atom stereocenters. The molecule has 90 valence electrons. The molecule has 2 nitrogen and oxygen atoms in total. The summed E-state index contributed by atoms with van der Waals surface area (Å²) in [5, 5.41) is 11.6. The summed E-state index contributed by atoms with van der Waals surface area (Å²) in [6.07, 6.45) is -2.72. The van der Waals surface area contributed by atoms with Crippen molar-refractivity contribution in [1.82, 2.24) is 5.32 Å². The number of halogens is 3. The summed E-state index contributed by atoms with van der Waals surface area (Å²) in [6.45, 7) is 1.72. The van der Waals surface area contributed by atoms with E-state index in [-0.39, 0.29) is 12.6 Å². The zero-order chi connectivity index (χ0) is 11.5. The highest BCUT2D eigenvalue weighted by atomic mass is 19.4. The Kier molecular flexibility index (Phi) is 4.40. The number of hydrogen-bond acceptors (Lipinski definition) is 2. The van der Waals surface area contributed by atoms with Gasteiger partial charge < -0.3 is 10.4 Å². The van der Waals surface area contributed by atoms with Crippen molar-refractivity contribution in [2.24, 2.45) is 5.92 Å². The van der Waals surface area contributed by atoms with E-state index in [1.807, 2.05) is 0 Å². The zero-order valence-corrected chi connectivity index (χ0v) is 8.85. The van der Waals surface area contributed by atoms with E-state index in [9.17, 15) is 13.2 Å². The Hall–Kier alpha value is -0.290. The van der Waals surface area contributed by atoms with E-state index < -0.39 is 12.3 Å². The smallest absolute Gasteiger partial charge is 0.382 e. The monoisotopic (exact) mass is 225 g/mol. The molecular weight excluding hydrogens is 207 g/mol. The topological polar surface area (TPSA) is 32.3 Å². The molecule has 0 radical (unpaired) electrons. The predicted octanol–water partition coefficient (Wildman–Crippen LogP) is 2.08. The highest BCUT2D eigenvalue weighted by Gasteiger charge is 2.38. The highest BCUT2D eigenvalue weighted by Crippen LogP contribution is 2.24. The van der Waals surface area contributed by atoms with E-state index in [0.29, 0.717) is 5.92 Å². The summed E-state index contributed by atoms with van der Waals surface area (Å²) in [4.78, 5) is 0. The van der Waals surface area contributed by atoms with Gasteiger partial charge in [0.1, 0.15) is 0 Å². The molecule has 1 rings (SSSR count). The van der Waals surface area contributed by atoms with E-state index in [1.54, 1.807) is 0 Å². The van der Waals surface area contributed by atoms with Crippen molar-refractivity contribution in [1.29, 1.82) is 0 Å². The van der Waals surface area contributed by atoms with Crippen LogP contribution in [0.1, 0.15) is 32.6 Å². The average molecular weight is 225 g/mol. The Morgan fingerprint density at radius 2 is 2.07 bits per heavy atom. The number of aliphatic hydroxyl groups excluding tert-OH is 1. The summed E-state index contributed by atoms with van der Waals surface area (Å²) in [5.74, 6) is 0.569. The molecule has 1 aliphatic rings. The van der Waals surface area contributed by atoms with E-state index in [0.717, 1.165) is 25.7 Å². The normalized spacial score (nSPS) is 30.2. The van der Waals surface area contributed by atoms with E-state index >= 15 is 0 Å². The van der Waals surface area contributed by atoms with Crippen LogP contribution in [0.15, 0.2) is 0 Å². The van der Waals surface area contributed by atoms with Crippen LogP contribution in [-0.4, -0.2) is 30.0 Å². The second-order valence-electron chi connectivity index (χ2n) is 4.43. The van der Waals surface area contributed by atoms with Gasteiger partial charge in [-0.2, -0.15) is 13.2 Å². The summed E-state index contributed by atoms with van der Waals surface area (Å²) in [6, 6.07) is 0.130. The van der Waals surface area contributed by atoms with Gasteiger partial charge in [0, 0.05) is 12.6 Å². The Labute approximate surface area is 87.9 Å². The number of rotatable bonds is 3. The molecule has 0 bridgehead atoms. The van der Waals surface area contributed by atoms with Crippen LogP contribution in [0.25, 0.3) is 0 Å². The van der Waals surface area contributed by atoms with E-state index in [2.05, 4.69) is 12.2 Å². The first-order chi connectivity index (χ1) is 6.89. The lowest BCUT2D eigenvalue weighted by Crippen LogP contribution is -2.43. The van der Waals surface area contributed by atoms with Crippen LogP contribution < -0.4 is 5.32 Å². The molecule has 1 saturated carbocycles. The van der Waals surface area contributed by atoms with Crippen LogP contribution in [0, 0.1) is 5.92 Å². The van der Waals surface area contributed by atoms with Gasteiger partial charge in [0.2, 0.25) is 0 Å². The third-order valence-corrected chi connectivity index (χ3v) is 2.91. The Morgan fingerprint density at radius 3 is 2.60 bits per heavy atom. The first-order valence-corrected chi connectivity index (χ1v) is 5.37. The van der Waals surface area contributed by atoms with E-state index in [1.165, 1.54) is 0 Å². The summed E-state index contributed by atoms with van der Waals surface area (Å²) < 4.78 is 36.0. The molecule has 0 amide bonds. The van der Waals surface area contributed by atoms with Crippen molar-refractivity contribution < 1.29 is 18.3 Å². The van der Waals surface area contributed by atoms with Gasteiger partial charge in [-0.15, -0.1) is 0 Å². The van der Waals surface area contributed by atoms with Gasteiger partial charge in [-0.05, 0) is 18.8 Å². The molecule has 0 aromatic heterocycles. The second kappa shape index (κ2) is 5.16. The molecule has 15 heavy (non-hydrogen) atoms. The van der Waals surface area contributed by atoms with Gasteiger partial charge in [0.15, 0.2) is 6.10 Å². The van der Waals surface area contributed by atoms with Gasteiger partial charge >= 0.3 is 6.18 Å². The second-order valence-corrected chi connectivity index (χ2v) is 4.43. The summed E-state index contributed by atoms with van der Waals surface area (Å²) in [5.41, 5.74) is 0. The number of nitrogens with one attached hydrogen (secondary N) is 1. The van der Waals surface area contributed by atoms with Gasteiger partial charge in [-0.3, -0.25) is 0 Å². The fraction of sp³-hybridized carbons (Fsp3) is 1.00. The van der Waals surface area contributed by atoms with Crippen molar-refractivity contribution in [3.8, 4) is 0 Å². The molecule has 5 heteroatoms. The summed E-state index contributed by atoms with van der Waals surface area (Å²) in [7, 11) is 0. The first-order valence-electron chi connectivity index (χ1n) is 5.37.